The summed E-state index contributed by atoms with van der Waals surface area (Å²) >= 11 is 5.95. The van der Waals surface area contributed by atoms with Crippen molar-refractivity contribution in [1.82, 2.24) is 0 Å². The summed E-state index contributed by atoms with van der Waals surface area (Å²) < 4.78 is 10.4. The Morgan fingerprint density at radius 1 is 1.56 bits per heavy atom. The molecule has 1 heterocycles. The van der Waals surface area contributed by atoms with Gasteiger partial charge in [0.1, 0.15) is 0 Å². The lowest BCUT2D eigenvalue weighted by Gasteiger charge is -2.25. The van der Waals surface area contributed by atoms with E-state index < -0.39 is 7.87 Å². The third kappa shape index (κ3) is 1.93. The summed E-state index contributed by atoms with van der Waals surface area (Å²) in [5, 5.41) is 0. The van der Waals surface area contributed by atoms with Crippen molar-refractivity contribution in [3.8, 4) is 0 Å². The van der Waals surface area contributed by atoms with Crippen LogP contribution in [0.3, 0.4) is 0 Å². The minimum Gasteiger partial charge on any atom is -0.386 e. The first kappa shape index (κ1) is 7.53. The maximum atomic E-state index is 5.95. The predicted octanol–water partition coefficient (Wildman–Crippen LogP) is 1.62. The number of hydrogen-bond donors (Lipinski definition) is 0. The highest BCUT2D eigenvalue weighted by molar-refractivity contribution is 7.13. The average molecular weight is 167 g/mol. The molecule has 0 bridgehead atoms. The smallest absolute Gasteiger partial charge is 0.386 e. The maximum absolute atomic E-state index is 5.95. The Morgan fingerprint density at radius 2 is 2.33 bits per heavy atom. The molecule has 0 aromatic carbocycles. The van der Waals surface area contributed by atoms with Gasteiger partial charge < -0.3 is 8.85 Å². The molecule has 0 aromatic heterocycles. The van der Waals surface area contributed by atoms with Crippen molar-refractivity contribution in [3.63, 3.8) is 0 Å². The van der Waals surface area contributed by atoms with Gasteiger partial charge in [-0.05, 0) is 12.8 Å². The molecule has 0 aromatic rings. The van der Waals surface area contributed by atoms with Gasteiger partial charge in [0.15, 0.2) is 0 Å². The fraction of sp³-hybridized carbons (Fsp3) is 1.00. The Balaban J connectivity index is 2.37. The summed E-state index contributed by atoms with van der Waals surface area (Å²) in [7, 11) is -0.509. The zero-order valence-corrected chi connectivity index (χ0v) is 7.28. The normalized spacial score (nSPS) is 36.7. The van der Waals surface area contributed by atoms with E-state index in [1.807, 2.05) is 0 Å². The first-order chi connectivity index (χ1) is 4.27. The quantitative estimate of drug-likeness (QED) is 0.436. The summed E-state index contributed by atoms with van der Waals surface area (Å²) in [6.45, 7) is 0.781. The third-order valence-corrected chi connectivity index (χ3v) is 5.04. The van der Waals surface area contributed by atoms with Crippen LogP contribution in [-0.2, 0) is 8.85 Å². The molecule has 1 fully saturated rings. The highest BCUT2D eigenvalue weighted by Crippen LogP contribution is 2.25. The van der Waals surface area contributed by atoms with Gasteiger partial charge in [-0.15, -0.1) is 0 Å². The molecule has 9 heavy (non-hydrogen) atoms. The predicted molar refractivity (Wildman–Crippen MR) is 38.6 cm³/mol. The SMILES string of the molecule is CO[Si]1(Cl)CCCCO1. The van der Waals surface area contributed by atoms with Crippen LogP contribution < -0.4 is 0 Å². The summed E-state index contributed by atoms with van der Waals surface area (Å²) in [6.07, 6.45) is 2.29. The molecule has 1 saturated heterocycles. The van der Waals surface area contributed by atoms with Crippen molar-refractivity contribution < 1.29 is 8.85 Å². The molecule has 1 rings (SSSR count). The molecule has 2 nitrogen and oxygen atoms in total. The Kier molecular flexibility index (Phi) is 2.52. The van der Waals surface area contributed by atoms with Crippen molar-refractivity contribution in [2.24, 2.45) is 0 Å². The lowest BCUT2D eigenvalue weighted by Crippen LogP contribution is -2.37. The van der Waals surface area contributed by atoms with Crippen LogP contribution in [0.4, 0.5) is 0 Å². The zero-order valence-electron chi connectivity index (χ0n) is 5.52. The molecule has 1 aliphatic rings. The van der Waals surface area contributed by atoms with Gasteiger partial charge in [-0.1, -0.05) is 11.1 Å². The van der Waals surface area contributed by atoms with Gasteiger partial charge in [0.05, 0.1) is 0 Å². The molecule has 0 amide bonds. The van der Waals surface area contributed by atoms with E-state index in [1.54, 1.807) is 7.11 Å². The average Bonchev–Trinajstić information content (AvgIpc) is 1.90. The molecular weight excluding hydrogens is 156 g/mol. The van der Waals surface area contributed by atoms with E-state index in [4.69, 9.17) is 19.9 Å². The van der Waals surface area contributed by atoms with Gasteiger partial charge >= 0.3 is 7.87 Å². The van der Waals surface area contributed by atoms with Gasteiger partial charge in [0.2, 0.25) is 0 Å². The summed E-state index contributed by atoms with van der Waals surface area (Å²) in [5.74, 6) is 0. The fourth-order valence-corrected chi connectivity index (χ4v) is 3.12. The first-order valence-electron chi connectivity index (χ1n) is 3.15. The van der Waals surface area contributed by atoms with E-state index in [0.717, 1.165) is 25.5 Å². The molecule has 1 atom stereocenters. The second kappa shape index (κ2) is 3.01. The van der Waals surface area contributed by atoms with Crippen LogP contribution in [0.1, 0.15) is 12.8 Å². The van der Waals surface area contributed by atoms with Gasteiger partial charge in [-0.25, -0.2) is 0 Å². The molecule has 0 spiro atoms. The third-order valence-electron chi connectivity index (χ3n) is 1.49. The Bertz CT molecular complexity index is 93.0. The minimum atomic E-state index is -2.14. The lowest BCUT2D eigenvalue weighted by atomic mass is 10.4. The van der Waals surface area contributed by atoms with E-state index in [-0.39, 0.29) is 0 Å². The molecular formula is C5H11ClO2Si. The largest absolute Gasteiger partial charge is 0.442 e. The Labute approximate surface area is 61.1 Å². The lowest BCUT2D eigenvalue weighted by molar-refractivity contribution is 0.195. The molecule has 0 aliphatic carbocycles. The summed E-state index contributed by atoms with van der Waals surface area (Å²) in [4.78, 5) is 0. The van der Waals surface area contributed by atoms with E-state index in [0.29, 0.717) is 0 Å². The number of rotatable bonds is 1. The van der Waals surface area contributed by atoms with Crippen LogP contribution >= 0.6 is 11.1 Å². The zero-order chi connectivity index (χ0) is 6.74. The second-order valence-electron chi connectivity index (χ2n) is 2.17. The molecule has 1 unspecified atom stereocenters. The highest BCUT2D eigenvalue weighted by atomic mass is 35.6. The molecule has 0 saturated carbocycles. The molecule has 54 valence electrons. The molecule has 1 aliphatic heterocycles. The van der Waals surface area contributed by atoms with Crippen LogP contribution in [0.5, 0.6) is 0 Å². The van der Waals surface area contributed by atoms with E-state index in [9.17, 15) is 0 Å². The van der Waals surface area contributed by atoms with Crippen molar-refractivity contribution >= 4 is 18.9 Å². The Morgan fingerprint density at radius 3 is 2.67 bits per heavy atom. The maximum Gasteiger partial charge on any atom is 0.442 e. The van der Waals surface area contributed by atoms with Gasteiger partial charge in [0, 0.05) is 19.8 Å². The monoisotopic (exact) mass is 166 g/mol. The van der Waals surface area contributed by atoms with E-state index in [1.165, 1.54) is 0 Å². The van der Waals surface area contributed by atoms with Crippen LogP contribution in [0.2, 0.25) is 6.04 Å². The molecule has 4 heteroatoms. The van der Waals surface area contributed by atoms with Crippen molar-refractivity contribution in [2.45, 2.75) is 18.9 Å². The number of hydrogen-bond acceptors (Lipinski definition) is 2. The standard InChI is InChI=1S/C5H11ClO2Si/c1-7-9(6)5-3-2-4-8-9/h2-5H2,1H3. The summed E-state index contributed by atoms with van der Waals surface area (Å²) in [5.41, 5.74) is 0. The minimum absolute atomic E-state index is 0.781. The van der Waals surface area contributed by atoms with Crippen LogP contribution in [-0.4, -0.2) is 21.6 Å². The van der Waals surface area contributed by atoms with Crippen LogP contribution in [0.15, 0.2) is 0 Å². The van der Waals surface area contributed by atoms with E-state index in [2.05, 4.69) is 0 Å². The molecule has 0 N–H and O–H groups in total. The van der Waals surface area contributed by atoms with E-state index >= 15 is 0 Å². The molecule has 0 radical (unpaired) electrons. The highest BCUT2D eigenvalue weighted by Gasteiger charge is 2.36. The van der Waals surface area contributed by atoms with Crippen molar-refractivity contribution in [3.05, 3.63) is 0 Å². The second-order valence-corrected chi connectivity index (χ2v) is 6.41. The number of halogens is 1. The van der Waals surface area contributed by atoms with Gasteiger partial charge in [0.25, 0.3) is 0 Å². The van der Waals surface area contributed by atoms with Crippen LogP contribution in [0.25, 0.3) is 0 Å². The Hall–Kier alpha value is 0.427. The van der Waals surface area contributed by atoms with Crippen LogP contribution in [0, 0.1) is 0 Å². The van der Waals surface area contributed by atoms with Gasteiger partial charge in [-0.2, -0.15) is 0 Å². The fourth-order valence-electron chi connectivity index (χ4n) is 0.896. The van der Waals surface area contributed by atoms with Crippen molar-refractivity contribution in [2.75, 3.05) is 13.7 Å². The van der Waals surface area contributed by atoms with Gasteiger partial charge in [-0.3, -0.25) is 0 Å². The summed E-state index contributed by atoms with van der Waals surface area (Å²) in [6, 6.07) is 0.936. The van der Waals surface area contributed by atoms with Crippen molar-refractivity contribution in [1.29, 1.82) is 0 Å². The topological polar surface area (TPSA) is 18.5 Å². The first-order valence-corrected chi connectivity index (χ1v) is 6.18.